The summed E-state index contributed by atoms with van der Waals surface area (Å²) in [6.07, 6.45) is 4.04. The lowest BCUT2D eigenvalue weighted by atomic mass is 9.64. The zero-order valence-corrected chi connectivity index (χ0v) is 13.2. The van der Waals surface area contributed by atoms with Crippen molar-refractivity contribution in [2.75, 3.05) is 13.2 Å². The predicted molar refractivity (Wildman–Crippen MR) is 80.8 cm³/mol. The first-order valence-corrected chi connectivity index (χ1v) is 7.73. The fourth-order valence-electron chi connectivity index (χ4n) is 2.90. The first-order valence-electron chi connectivity index (χ1n) is 7.73. The fourth-order valence-corrected chi connectivity index (χ4v) is 2.90. The molecule has 2 rings (SSSR count). The maximum atomic E-state index is 5.97. The van der Waals surface area contributed by atoms with Gasteiger partial charge < -0.3 is 20.5 Å². The lowest BCUT2D eigenvalue weighted by Gasteiger charge is -2.52. The van der Waals surface area contributed by atoms with E-state index in [1.54, 1.807) is 0 Å². The van der Waals surface area contributed by atoms with Gasteiger partial charge in [0.05, 0.1) is 24.9 Å². The van der Waals surface area contributed by atoms with Crippen LogP contribution < -0.4 is 11.1 Å². The third kappa shape index (κ3) is 3.64. The summed E-state index contributed by atoms with van der Waals surface area (Å²) in [5, 5.41) is 3.33. The van der Waals surface area contributed by atoms with Crippen molar-refractivity contribution in [1.29, 1.82) is 0 Å². The number of nitrogens with one attached hydrogen (secondary N) is 1. The van der Waals surface area contributed by atoms with Crippen LogP contribution in [0.15, 0.2) is 4.99 Å². The summed E-state index contributed by atoms with van der Waals surface area (Å²) in [6.45, 7) is 10.1. The number of hydrogen-bond donors (Lipinski definition) is 2. The van der Waals surface area contributed by atoms with Crippen LogP contribution in [0.1, 0.15) is 47.0 Å². The summed E-state index contributed by atoms with van der Waals surface area (Å²) in [5.74, 6) is 0.529. The van der Waals surface area contributed by atoms with Gasteiger partial charge in [0.1, 0.15) is 0 Å². The summed E-state index contributed by atoms with van der Waals surface area (Å²) < 4.78 is 11.5. The van der Waals surface area contributed by atoms with Crippen molar-refractivity contribution in [1.82, 2.24) is 5.32 Å². The summed E-state index contributed by atoms with van der Waals surface area (Å²) in [5.41, 5.74) is 6.06. The van der Waals surface area contributed by atoms with E-state index >= 15 is 0 Å². The molecule has 0 aromatic heterocycles. The Hall–Kier alpha value is -0.810. The molecule has 1 saturated heterocycles. The minimum Gasteiger partial charge on any atom is -0.376 e. The Morgan fingerprint density at radius 1 is 1.50 bits per heavy atom. The Morgan fingerprint density at radius 2 is 2.25 bits per heavy atom. The van der Waals surface area contributed by atoms with Crippen LogP contribution in [0, 0.1) is 5.41 Å². The highest BCUT2D eigenvalue weighted by molar-refractivity contribution is 5.78. The average Bonchev–Trinajstić information content (AvgIpc) is 2.87. The lowest BCUT2D eigenvalue weighted by Crippen LogP contribution is -2.63. The van der Waals surface area contributed by atoms with Gasteiger partial charge in [0.2, 0.25) is 0 Å². The smallest absolute Gasteiger partial charge is 0.188 e. The second kappa shape index (κ2) is 6.31. The van der Waals surface area contributed by atoms with Crippen molar-refractivity contribution < 1.29 is 9.47 Å². The molecule has 2 fully saturated rings. The second-order valence-corrected chi connectivity index (χ2v) is 6.79. The SMILES string of the molecule is CC(C)OC1CC(NC(N)=NCC2CCCO2)C1(C)C. The van der Waals surface area contributed by atoms with Crippen molar-refractivity contribution >= 4 is 5.96 Å². The normalized spacial score (nSPS) is 33.2. The highest BCUT2D eigenvalue weighted by atomic mass is 16.5. The standard InChI is InChI=1S/C15H29N3O2/c1-10(2)20-13-8-12(15(13,3)4)18-14(16)17-9-11-6-5-7-19-11/h10-13H,5-9H2,1-4H3,(H3,16,17,18). The summed E-state index contributed by atoms with van der Waals surface area (Å²) in [6, 6.07) is 0.333. The molecule has 5 heteroatoms. The van der Waals surface area contributed by atoms with E-state index in [9.17, 15) is 0 Å². The summed E-state index contributed by atoms with van der Waals surface area (Å²) in [7, 11) is 0. The third-order valence-electron chi connectivity index (χ3n) is 4.43. The number of ether oxygens (including phenoxy) is 2. The molecule has 1 aliphatic carbocycles. The average molecular weight is 283 g/mol. The third-order valence-corrected chi connectivity index (χ3v) is 4.43. The van der Waals surface area contributed by atoms with E-state index < -0.39 is 0 Å². The van der Waals surface area contributed by atoms with Crippen LogP contribution in [0.3, 0.4) is 0 Å². The molecular weight excluding hydrogens is 254 g/mol. The van der Waals surface area contributed by atoms with Crippen molar-refractivity contribution in [3.05, 3.63) is 0 Å². The molecule has 2 aliphatic rings. The van der Waals surface area contributed by atoms with Crippen molar-refractivity contribution in [3.63, 3.8) is 0 Å². The van der Waals surface area contributed by atoms with E-state index in [-0.39, 0.29) is 17.6 Å². The molecule has 3 atom stereocenters. The van der Waals surface area contributed by atoms with Gasteiger partial charge in [0.15, 0.2) is 5.96 Å². The van der Waals surface area contributed by atoms with Gasteiger partial charge in [-0.3, -0.25) is 4.99 Å². The molecule has 1 aliphatic heterocycles. The zero-order chi connectivity index (χ0) is 14.8. The molecule has 0 aromatic rings. The van der Waals surface area contributed by atoms with Gasteiger partial charge in [-0.05, 0) is 33.1 Å². The van der Waals surface area contributed by atoms with Crippen LogP contribution in [0.25, 0.3) is 0 Å². The monoisotopic (exact) mass is 283 g/mol. The largest absolute Gasteiger partial charge is 0.376 e. The van der Waals surface area contributed by atoms with E-state index in [0.717, 1.165) is 25.9 Å². The van der Waals surface area contributed by atoms with Gasteiger partial charge in [-0.25, -0.2) is 0 Å². The quantitative estimate of drug-likeness (QED) is 0.595. The number of rotatable bonds is 5. The van der Waals surface area contributed by atoms with Crippen LogP contribution >= 0.6 is 0 Å². The number of hydrogen-bond acceptors (Lipinski definition) is 3. The van der Waals surface area contributed by atoms with E-state index in [1.165, 1.54) is 0 Å². The Labute approximate surface area is 122 Å². The zero-order valence-electron chi connectivity index (χ0n) is 13.2. The van der Waals surface area contributed by atoms with Crippen LogP contribution in [-0.2, 0) is 9.47 Å². The number of guanidine groups is 1. The van der Waals surface area contributed by atoms with Crippen molar-refractivity contribution in [2.24, 2.45) is 16.1 Å². The first-order chi connectivity index (χ1) is 9.39. The molecule has 1 saturated carbocycles. The van der Waals surface area contributed by atoms with Crippen LogP contribution in [0.5, 0.6) is 0 Å². The Morgan fingerprint density at radius 3 is 2.80 bits per heavy atom. The molecule has 20 heavy (non-hydrogen) atoms. The number of nitrogens with zero attached hydrogens (tertiary/aromatic N) is 1. The molecule has 3 unspecified atom stereocenters. The van der Waals surface area contributed by atoms with E-state index in [1.807, 2.05) is 0 Å². The van der Waals surface area contributed by atoms with E-state index in [4.69, 9.17) is 15.2 Å². The lowest BCUT2D eigenvalue weighted by molar-refractivity contribution is -0.134. The molecule has 1 heterocycles. The molecule has 3 N–H and O–H groups in total. The minimum atomic E-state index is 0.0915. The maximum Gasteiger partial charge on any atom is 0.188 e. The van der Waals surface area contributed by atoms with Crippen LogP contribution in [0.2, 0.25) is 0 Å². The highest BCUT2D eigenvalue weighted by Gasteiger charge is 2.49. The first kappa shape index (κ1) is 15.6. The molecule has 5 nitrogen and oxygen atoms in total. The van der Waals surface area contributed by atoms with Crippen LogP contribution in [-0.4, -0.2) is 43.5 Å². The van der Waals surface area contributed by atoms with Crippen molar-refractivity contribution in [3.8, 4) is 0 Å². The topological polar surface area (TPSA) is 68.9 Å². The second-order valence-electron chi connectivity index (χ2n) is 6.79. The molecule has 0 radical (unpaired) electrons. The Balaban J connectivity index is 1.77. The van der Waals surface area contributed by atoms with Crippen LogP contribution in [0.4, 0.5) is 0 Å². The Bertz CT molecular complexity index is 349. The summed E-state index contributed by atoms with van der Waals surface area (Å²) >= 11 is 0. The minimum absolute atomic E-state index is 0.0915. The van der Waals surface area contributed by atoms with Gasteiger partial charge in [-0.2, -0.15) is 0 Å². The van der Waals surface area contributed by atoms with Gasteiger partial charge in [0.25, 0.3) is 0 Å². The Kier molecular flexibility index (Phi) is 4.91. The molecule has 0 bridgehead atoms. The summed E-state index contributed by atoms with van der Waals surface area (Å²) in [4.78, 5) is 4.40. The van der Waals surface area contributed by atoms with Gasteiger partial charge >= 0.3 is 0 Å². The van der Waals surface area contributed by atoms with E-state index in [2.05, 4.69) is 38.0 Å². The highest BCUT2D eigenvalue weighted by Crippen LogP contribution is 2.43. The molecule has 0 spiro atoms. The fraction of sp³-hybridized carbons (Fsp3) is 0.933. The van der Waals surface area contributed by atoms with Gasteiger partial charge in [0, 0.05) is 18.1 Å². The molecule has 116 valence electrons. The molecular formula is C15H29N3O2. The van der Waals surface area contributed by atoms with Crippen molar-refractivity contribution in [2.45, 2.75) is 71.3 Å². The van der Waals surface area contributed by atoms with E-state index in [0.29, 0.717) is 24.7 Å². The maximum absolute atomic E-state index is 5.97. The predicted octanol–water partition coefficient (Wildman–Crippen LogP) is 1.66. The van der Waals surface area contributed by atoms with Gasteiger partial charge in [-0.15, -0.1) is 0 Å². The number of aliphatic imine (C=N–C) groups is 1. The molecule has 0 aromatic carbocycles. The number of nitrogens with two attached hydrogens (primary N) is 1. The molecule has 0 amide bonds. The van der Waals surface area contributed by atoms with Gasteiger partial charge in [-0.1, -0.05) is 13.8 Å².